The molecular formula is C14H15OP. The van der Waals surface area contributed by atoms with Crippen LogP contribution in [0.1, 0.15) is 0 Å². The second-order valence-corrected chi connectivity index (χ2v) is 6.11. The molecule has 0 atom stereocenters. The second-order valence-electron chi connectivity index (χ2n) is 3.80. The Morgan fingerprint density at radius 2 is 1.31 bits per heavy atom. The van der Waals surface area contributed by atoms with Crippen molar-refractivity contribution >= 4 is 13.2 Å². The second kappa shape index (κ2) is 5.14. The van der Waals surface area contributed by atoms with Gasteiger partial charge in [-0.15, -0.1) is 0 Å². The van der Waals surface area contributed by atoms with Crippen LogP contribution in [0.4, 0.5) is 0 Å². The zero-order valence-corrected chi connectivity index (χ0v) is 10.4. The van der Waals surface area contributed by atoms with Crippen molar-refractivity contribution in [3.05, 3.63) is 54.6 Å². The van der Waals surface area contributed by atoms with Crippen molar-refractivity contribution < 1.29 is 4.74 Å². The van der Waals surface area contributed by atoms with Crippen molar-refractivity contribution in [2.75, 3.05) is 13.3 Å². The molecule has 16 heavy (non-hydrogen) atoms. The molecule has 2 aromatic carbocycles. The standard InChI is InChI=1S/C14H15OP/c1-16(2)14-10-8-13(9-11-14)15-12-6-4-3-5-7-12/h3-11H,1-2H3. The quantitative estimate of drug-likeness (QED) is 0.728. The first-order valence-electron chi connectivity index (χ1n) is 5.26. The molecule has 2 rings (SSSR count). The van der Waals surface area contributed by atoms with Crippen molar-refractivity contribution in [3.63, 3.8) is 0 Å². The maximum atomic E-state index is 5.72. The van der Waals surface area contributed by atoms with Crippen molar-refractivity contribution in [3.8, 4) is 11.5 Å². The predicted octanol–water partition coefficient (Wildman–Crippen LogP) is 3.85. The van der Waals surface area contributed by atoms with E-state index in [1.54, 1.807) is 0 Å². The van der Waals surface area contributed by atoms with Crippen LogP contribution in [0.2, 0.25) is 0 Å². The fourth-order valence-corrected chi connectivity index (χ4v) is 2.18. The zero-order chi connectivity index (χ0) is 11.4. The molecule has 0 saturated heterocycles. The summed E-state index contributed by atoms with van der Waals surface area (Å²) in [5, 5.41) is 1.40. The van der Waals surface area contributed by atoms with E-state index in [0.717, 1.165) is 11.5 Å². The summed E-state index contributed by atoms with van der Waals surface area (Å²) >= 11 is 0. The Kier molecular flexibility index (Phi) is 3.58. The predicted molar refractivity (Wildman–Crippen MR) is 71.4 cm³/mol. The maximum Gasteiger partial charge on any atom is 0.127 e. The van der Waals surface area contributed by atoms with E-state index >= 15 is 0 Å². The molecule has 0 spiro atoms. The van der Waals surface area contributed by atoms with E-state index in [-0.39, 0.29) is 7.92 Å². The van der Waals surface area contributed by atoms with Crippen molar-refractivity contribution in [2.24, 2.45) is 0 Å². The van der Waals surface area contributed by atoms with E-state index in [1.807, 2.05) is 42.5 Å². The summed E-state index contributed by atoms with van der Waals surface area (Å²) in [7, 11) is -0.0228. The van der Waals surface area contributed by atoms with Gasteiger partial charge in [0.1, 0.15) is 11.5 Å². The topological polar surface area (TPSA) is 9.23 Å². The minimum atomic E-state index is -0.0228. The molecule has 0 unspecified atom stereocenters. The highest BCUT2D eigenvalue weighted by atomic mass is 31.1. The Bertz CT molecular complexity index is 434. The Morgan fingerprint density at radius 1 is 0.750 bits per heavy atom. The van der Waals surface area contributed by atoms with Crippen LogP contribution in [-0.2, 0) is 0 Å². The summed E-state index contributed by atoms with van der Waals surface area (Å²) < 4.78 is 5.72. The first kappa shape index (κ1) is 11.2. The molecule has 0 N–H and O–H groups in total. The summed E-state index contributed by atoms with van der Waals surface area (Å²) in [6.07, 6.45) is 0. The Hall–Kier alpha value is -1.33. The molecule has 0 aliphatic carbocycles. The molecule has 2 aromatic rings. The van der Waals surface area contributed by atoms with Gasteiger partial charge >= 0.3 is 0 Å². The van der Waals surface area contributed by atoms with E-state index in [0.29, 0.717) is 0 Å². The Labute approximate surface area is 97.8 Å². The molecule has 1 nitrogen and oxygen atoms in total. The van der Waals surface area contributed by atoms with E-state index in [9.17, 15) is 0 Å². The van der Waals surface area contributed by atoms with Crippen LogP contribution in [0.25, 0.3) is 0 Å². The Morgan fingerprint density at radius 3 is 1.88 bits per heavy atom. The fraction of sp³-hybridized carbons (Fsp3) is 0.143. The summed E-state index contributed by atoms with van der Waals surface area (Å²) in [5.41, 5.74) is 0. The lowest BCUT2D eigenvalue weighted by Crippen LogP contribution is -1.97. The van der Waals surface area contributed by atoms with Crippen molar-refractivity contribution in [1.29, 1.82) is 0 Å². The van der Waals surface area contributed by atoms with Gasteiger partial charge in [0, 0.05) is 0 Å². The number of hydrogen-bond acceptors (Lipinski definition) is 1. The van der Waals surface area contributed by atoms with Crippen molar-refractivity contribution in [2.45, 2.75) is 0 Å². The normalized spacial score (nSPS) is 10.4. The molecule has 0 saturated carbocycles. The fourth-order valence-electron chi connectivity index (χ4n) is 1.44. The lowest BCUT2D eigenvalue weighted by atomic mass is 10.3. The van der Waals surface area contributed by atoms with Gasteiger partial charge in [-0.1, -0.05) is 38.3 Å². The smallest absolute Gasteiger partial charge is 0.127 e. The third-order valence-electron chi connectivity index (χ3n) is 2.33. The number of para-hydroxylation sites is 1. The van der Waals surface area contributed by atoms with Gasteiger partial charge in [-0.05, 0) is 42.9 Å². The van der Waals surface area contributed by atoms with Gasteiger partial charge in [0.2, 0.25) is 0 Å². The van der Waals surface area contributed by atoms with E-state index in [2.05, 4.69) is 25.5 Å². The van der Waals surface area contributed by atoms with Crippen LogP contribution in [0.15, 0.2) is 54.6 Å². The SMILES string of the molecule is CP(C)c1ccc(Oc2ccccc2)cc1. The van der Waals surface area contributed by atoms with E-state index in [1.165, 1.54) is 5.30 Å². The lowest BCUT2D eigenvalue weighted by molar-refractivity contribution is 0.483. The number of ether oxygens (including phenoxy) is 1. The van der Waals surface area contributed by atoms with Crippen LogP contribution < -0.4 is 10.0 Å². The molecule has 82 valence electrons. The number of hydrogen-bond donors (Lipinski definition) is 0. The van der Waals surface area contributed by atoms with Gasteiger partial charge in [-0.25, -0.2) is 0 Å². The first-order valence-corrected chi connectivity index (χ1v) is 7.49. The summed E-state index contributed by atoms with van der Waals surface area (Å²) in [4.78, 5) is 0. The summed E-state index contributed by atoms with van der Waals surface area (Å²) in [6, 6.07) is 18.2. The third-order valence-corrected chi connectivity index (χ3v) is 3.66. The maximum absolute atomic E-state index is 5.72. The van der Waals surface area contributed by atoms with Gasteiger partial charge in [0.15, 0.2) is 0 Å². The third kappa shape index (κ3) is 2.84. The zero-order valence-electron chi connectivity index (χ0n) is 9.55. The highest BCUT2D eigenvalue weighted by molar-refractivity contribution is 7.64. The van der Waals surface area contributed by atoms with Crippen LogP contribution in [0.3, 0.4) is 0 Å². The van der Waals surface area contributed by atoms with E-state index in [4.69, 9.17) is 4.74 Å². The monoisotopic (exact) mass is 230 g/mol. The highest BCUT2D eigenvalue weighted by Gasteiger charge is 1.99. The molecule has 0 bridgehead atoms. The summed E-state index contributed by atoms with van der Waals surface area (Å²) in [5.74, 6) is 1.78. The van der Waals surface area contributed by atoms with Crippen molar-refractivity contribution in [1.82, 2.24) is 0 Å². The number of benzene rings is 2. The molecule has 0 fully saturated rings. The highest BCUT2D eigenvalue weighted by Crippen LogP contribution is 2.26. The molecule has 0 radical (unpaired) electrons. The molecule has 0 aromatic heterocycles. The average molecular weight is 230 g/mol. The van der Waals surface area contributed by atoms with E-state index < -0.39 is 0 Å². The lowest BCUT2D eigenvalue weighted by Gasteiger charge is -2.08. The van der Waals surface area contributed by atoms with Gasteiger partial charge in [-0.3, -0.25) is 0 Å². The Balaban J connectivity index is 2.11. The van der Waals surface area contributed by atoms with Gasteiger partial charge in [-0.2, -0.15) is 0 Å². The first-order chi connectivity index (χ1) is 7.75. The minimum Gasteiger partial charge on any atom is -0.457 e. The minimum absolute atomic E-state index is 0.0228. The molecule has 2 heteroatoms. The van der Waals surface area contributed by atoms with Crippen LogP contribution >= 0.6 is 7.92 Å². The largest absolute Gasteiger partial charge is 0.457 e. The van der Waals surface area contributed by atoms with Gasteiger partial charge in [0.25, 0.3) is 0 Å². The van der Waals surface area contributed by atoms with Crippen LogP contribution in [-0.4, -0.2) is 13.3 Å². The number of rotatable bonds is 3. The average Bonchev–Trinajstić information content (AvgIpc) is 2.31. The molecule has 0 heterocycles. The molecular weight excluding hydrogens is 215 g/mol. The molecule has 0 amide bonds. The van der Waals surface area contributed by atoms with Gasteiger partial charge in [0.05, 0.1) is 0 Å². The van der Waals surface area contributed by atoms with Crippen LogP contribution in [0.5, 0.6) is 11.5 Å². The van der Waals surface area contributed by atoms with Crippen LogP contribution in [0, 0.1) is 0 Å². The molecule has 0 aliphatic heterocycles. The molecule has 0 aliphatic rings. The summed E-state index contributed by atoms with van der Waals surface area (Å²) in [6.45, 7) is 4.50. The van der Waals surface area contributed by atoms with Gasteiger partial charge < -0.3 is 4.74 Å².